The van der Waals surface area contributed by atoms with Crippen LogP contribution in [0.3, 0.4) is 0 Å². The van der Waals surface area contributed by atoms with E-state index in [0.29, 0.717) is 10.9 Å². The molecule has 0 fully saturated rings. The number of aliphatic imine (C=N–C) groups is 1. The van der Waals surface area contributed by atoms with E-state index < -0.39 is 5.97 Å². The lowest BCUT2D eigenvalue weighted by Crippen LogP contribution is -2.36. The van der Waals surface area contributed by atoms with Crippen LogP contribution in [0.1, 0.15) is 23.1 Å². The van der Waals surface area contributed by atoms with E-state index in [9.17, 15) is 14.7 Å². The summed E-state index contributed by atoms with van der Waals surface area (Å²) in [6, 6.07) is 14.6. The molecule has 3 rings (SSSR count). The Balaban J connectivity index is 1.98. The molecule has 1 heterocycles. The van der Waals surface area contributed by atoms with E-state index in [-0.39, 0.29) is 24.6 Å². The lowest BCUT2D eigenvalue weighted by molar-refractivity contribution is -0.305. The summed E-state index contributed by atoms with van der Waals surface area (Å²) in [7, 11) is 0. The predicted molar refractivity (Wildman–Crippen MR) is 98.5 cm³/mol. The van der Waals surface area contributed by atoms with Gasteiger partial charge in [0.15, 0.2) is 0 Å². The highest BCUT2D eigenvalue weighted by Crippen LogP contribution is 2.23. The number of hydrogen-bond acceptors (Lipinski definition) is 4. The molecule has 1 aliphatic rings. The third kappa shape index (κ3) is 4.00. The molecular formula is C20H16ClN2O3-. The maximum Gasteiger partial charge on any atom is 0.278 e. The first kappa shape index (κ1) is 17.9. The van der Waals surface area contributed by atoms with Crippen LogP contribution in [0.15, 0.2) is 59.2 Å². The zero-order valence-corrected chi connectivity index (χ0v) is 14.9. The van der Waals surface area contributed by atoms with Gasteiger partial charge in [-0.15, -0.1) is 0 Å². The number of carbonyl (C=O) groups is 2. The quantitative estimate of drug-likeness (QED) is 0.762. The summed E-state index contributed by atoms with van der Waals surface area (Å²) >= 11 is 5.88. The molecule has 132 valence electrons. The van der Waals surface area contributed by atoms with Crippen molar-refractivity contribution in [3.05, 3.63) is 75.9 Å². The molecule has 0 N–H and O–H groups in total. The Hall–Kier alpha value is -2.92. The summed E-state index contributed by atoms with van der Waals surface area (Å²) in [6.07, 6.45) is 1.40. The molecule has 26 heavy (non-hydrogen) atoms. The van der Waals surface area contributed by atoms with Crippen LogP contribution < -0.4 is 5.11 Å². The van der Waals surface area contributed by atoms with Gasteiger partial charge in [0.25, 0.3) is 5.91 Å². The van der Waals surface area contributed by atoms with Crippen LogP contribution in [0.5, 0.6) is 0 Å². The molecule has 6 heteroatoms. The Morgan fingerprint density at radius 3 is 2.42 bits per heavy atom. The van der Waals surface area contributed by atoms with E-state index in [2.05, 4.69) is 4.99 Å². The van der Waals surface area contributed by atoms with Crippen molar-refractivity contribution in [3.63, 3.8) is 0 Å². The summed E-state index contributed by atoms with van der Waals surface area (Å²) in [5, 5.41) is 11.4. The Kier molecular flexibility index (Phi) is 5.19. The van der Waals surface area contributed by atoms with Gasteiger partial charge in [-0.3, -0.25) is 9.69 Å². The fourth-order valence-corrected chi connectivity index (χ4v) is 2.73. The Morgan fingerprint density at radius 2 is 1.81 bits per heavy atom. The van der Waals surface area contributed by atoms with E-state index in [1.165, 1.54) is 4.90 Å². The highest BCUT2D eigenvalue weighted by atomic mass is 35.5. The lowest BCUT2D eigenvalue weighted by Gasteiger charge is -2.18. The van der Waals surface area contributed by atoms with Crippen molar-refractivity contribution in [1.29, 1.82) is 0 Å². The van der Waals surface area contributed by atoms with Gasteiger partial charge >= 0.3 is 0 Å². The van der Waals surface area contributed by atoms with Gasteiger partial charge in [-0.2, -0.15) is 0 Å². The van der Waals surface area contributed by atoms with Gasteiger partial charge in [0.05, 0.1) is 0 Å². The summed E-state index contributed by atoms with van der Waals surface area (Å²) in [5.41, 5.74) is 2.87. The van der Waals surface area contributed by atoms with Crippen molar-refractivity contribution in [1.82, 2.24) is 4.90 Å². The molecule has 1 amide bonds. The molecular weight excluding hydrogens is 352 g/mol. The molecule has 0 radical (unpaired) electrons. The lowest BCUT2D eigenvalue weighted by atomic mass is 10.1. The monoisotopic (exact) mass is 367 g/mol. The van der Waals surface area contributed by atoms with Crippen molar-refractivity contribution in [2.24, 2.45) is 4.99 Å². The zero-order chi connectivity index (χ0) is 18.7. The number of carbonyl (C=O) groups excluding carboxylic acids is 2. The van der Waals surface area contributed by atoms with Crippen LogP contribution in [0, 0.1) is 6.92 Å². The number of halogens is 1. The third-order valence-electron chi connectivity index (χ3n) is 3.97. The van der Waals surface area contributed by atoms with Crippen molar-refractivity contribution < 1.29 is 14.7 Å². The fourth-order valence-electron chi connectivity index (χ4n) is 2.60. The maximum atomic E-state index is 12.7. The van der Waals surface area contributed by atoms with Gasteiger partial charge in [-0.05, 0) is 30.7 Å². The van der Waals surface area contributed by atoms with Crippen LogP contribution in [-0.4, -0.2) is 29.2 Å². The second-order valence-electron chi connectivity index (χ2n) is 5.96. The van der Waals surface area contributed by atoms with E-state index >= 15 is 0 Å². The zero-order valence-electron chi connectivity index (χ0n) is 14.1. The Morgan fingerprint density at radius 1 is 1.15 bits per heavy atom. The predicted octanol–water partition coefficient (Wildman–Crippen LogP) is 2.42. The number of benzene rings is 2. The standard InChI is InChI=1S/C20H17ClN2O3/c1-13-2-6-15(7-3-13)19-22-17(12-14-4-8-16(21)9-5-14)20(26)23(19)11-10-18(24)25/h2-9,12H,10-11H2,1H3,(H,24,25)/p-1. The normalized spacial score (nSPS) is 15.5. The topological polar surface area (TPSA) is 72.8 Å². The number of hydrogen-bond donors (Lipinski definition) is 0. The van der Waals surface area contributed by atoms with E-state index in [0.717, 1.165) is 16.7 Å². The minimum Gasteiger partial charge on any atom is -0.550 e. The molecule has 2 aromatic carbocycles. The summed E-state index contributed by atoms with van der Waals surface area (Å²) < 4.78 is 0. The average Bonchev–Trinajstić information content (AvgIpc) is 2.92. The van der Waals surface area contributed by atoms with E-state index in [4.69, 9.17) is 11.6 Å². The average molecular weight is 368 g/mol. The first-order valence-corrected chi connectivity index (χ1v) is 8.46. The van der Waals surface area contributed by atoms with Crippen LogP contribution in [0.2, 0.25) is 5.02 Å². The molecule has 2 aromatic rings. The second-order valence-corrected chi connectivity index (χ2v) is 6.40. The van der Waals surface area contributed by atoms with Crippen molar-refractivity contribution in [2.45, 2.75) is 13.3 Å². The highest BCUT2D eigenvalue weighted by molar-refractivity contribution is 6.30. The molecule has 0 atom stereocenters. The number of amides is 1. The number of carboxylic acids is 1. The molecule has 0 saturated heterocycles. The van der Waals surface area contributed by atoms with Crippen molar-refractivity contribution in [2.75, 3.05) is 6.54 Å². The first-order chi connectivity index (χ1) is 12.4. The Labute approximate surface area is 156 Å². The summed E-state index contributed by atoms with van der Waals surface area (Å²) in [4.78, 5) is 29.4. The van der Waals surface area contributed by atoms with E-state index in [1.54, 1.807) is 30.3 Å². The fraction of sp³-hybridized carbons (Fsp3) is 0.150. The molecule has 0 saturated carbocycles. The van der Waals surface area contributed by atoms with Gasteiger partial charge in [0.1, 0.15) is 11.5 Å². The van der Waals surface area contributed by atoms with Gasteiger partial charge in [0, 0.05) is 29.5 Å². The van der Waals surface area contributed by atoms with E-state index in [1.807, 2.05) is 31.2 Å². The summed E-state index contributed by atoms with van der Waals surface area (Å²) in [5.74, 6) is -1.11. The van der Waals surface area contributed by atoms with Crippen molar-refractivity contribution >= 4 is 35.4 Å². The molecule has 0 spiro atoms. The van der Waals surface area contributed by atoms with Crippen LogP contribution in [0.25, 0.3) is 6.08 Å². The smallest absolute Gasteiger partial charge is 0.278 e. The maximum absolute atomic E-state index is 12.7. The molecule has 1 aliphatic heterocycles. The minimum absolute atomic E-state index is 0.00579. The number of carboxylic acid groups (broad SMARTS) is 1. The third-order valence-corrected chi connectivity index (χ3v) is 4.22. The van der Waals surface area contributed by atoms with Gasteiger partial charge in [0.2, 0.25) is 0 Å². The second kappa shape index (κ2) is 7.54. The number of aliphatic carboxylic acids is 1. The largest absolute Gasteiger partial charge is 0.550 e. The number of rotatable bonds is 5. The van der Waals surface area contributed by atoms with Crippen LogP contribution in [0.4, 0.5) is 0 Å². The number of nitrogens with zero attached hydrogens (tertiary/aromatic N) is 2. The number of amidine groups is 1. The molecule has 0 unspecified atom stereocenters. The molecule has 0 aliphatic carbocycles. The number of aryl methyl sites for hydroxylation is 1. The minimum atomic E-state index is -1.21. The molecule has 0 bridgehead atoms. The van der Waals surface area contributed by atoms with Gasteiger partial charge in [-0.25, -0.2) is 4.99 Å². The summed E-state index contributed by atoms with van der Waals surface area (Å²) in [6.45, 7) is 1.97. The SMILES string of the molecule is Cc1ccc(C2=NC(=Cc3ccc(Cl)cc3)C(=O)N2CCC(=O)[O-])cc1. The Bertz CT molecular complexity index is 900. The first-order valence-electron chi connectivity index (χ1n) is 8.09. The van der Waals surface area contributed by atoms with Gasteiger partial charge < -0.3 is 9.90 Å². The molecule has 0 aromatic heterocycles. The highest BCUT2D eigenvalue weighted by Gasteiger charge is 2.30. The van der Waals surface area contributed by atoms with Crippen molar-refractivity contribution in [3.8, 4) is 0 Å². The van der Waals surface area contributed by atoms with Crippen LogP contribution >= 0.6 is 11.6 Å². The van der Waals surface area contributed by atoms with Gasteiger partial charge in [-0.1, -0.05) is 53.6 Å². The van der Waals surface area contributed by atoms with Crippen LogP contribution in [-0.2, 0) is 9.59 Å². The molecule has 5 nitrogen and oxygen atoms in total.